The molecule has 0 aliphatic carbocycles. The van der Waals surface area contributed by atoms with Crippen molar-refractivity contribution in [2.45, 2.75) is 6.92 Å². The van der Waals surface area contributed by atoms with E-state index in [4.69, 9.17) is 23.2 Å². The van der Waals surface area contributed by atoms with Crippen molar-refractivity contribution in [2.75, 3.05) is 5.32 Å². The van der Waals surface area contributed by atoms with Gasteiger partial charge in [-0.25, -0.2) is 4.98 Å². The molecule has 0 radical (unpaired) electrons. The second kappa shape index (κ2) is 4.39. The van der Waals surface area contributed by atoms with Gasteiger partial charge in [0.15, 0.2) is 5.13 Å². The molecule has 0 fully saturated rings. The molecule has 0 bridgehead atoms. The van der Waals surface area contributed by atoms with E-state index in [-0.39, 0.29) is 0 Å². The van der Waals surface area contributed by atoms with Crippen LogP contribution in [0.25, 0.3) is 0 Å². The first-order valence-electron chi connectivity index (χ1n) is 4.29. The summed E-state index contributed by atoms with van der Waals surface area (Å²) in [7, 11) is 0. The molecule has 0 saturated carbocycles. The number of rotatable bonds is 2. The minimum atomic E-state index is 0.537. The highest BCUT2D eigenvalue weighted by Crippen LogP contribution is 2.27. The number of anilines is 2. The number of halogens is 2. The van der Waals surface area contributed by atoms with Crippen molar-refractivity contribution in [3.63, 3.8) is 0 Å². The smallest absolute Gasteiger partial charge is 0.187 e. The summed E-state index contributed by atoms with van der Waals surface area (Å²) in [5.41, 5.74) is 1.89. The standard InChI is InChI=1S/C10H8Cl2N2S/c1-6-5-15-10(13-6)14-7-2-3-8(11)9(12)4-7/h2-5H,1H3,(H,13,14). The average molecular weight is 259 g/mol. The van der Waals surface area contributed by atoms with Gasteiger partial charge in [0.1, 0.15) is 0 Å². The van der Waals surface area contributed by atoms with Gasteiger partial charge in [0, 0.05) is 11.1 Å². The Morgan fingerprint density at radius 1 is 1.27 bits per heavy atom. The van der Waals surface area contributed by atoms with E-state index in [1.54, 1.807) is 23.5 Å². The molecule has 0 atom stereocenters. The number of hydrogen-bond acceptors (Lipinski definition) is 3. The molecule has 0 unspecified atom stereocenters. The predicted molar refractivity (Wildman–Crippen MR) is 66.6 cm³/mol. The monoisotopic (exact) mass is 258 g/mol. The molecule has 1 heterocycles. The summed E-state index contributed by atoms with van der Waals surface area (Å²) in [6.45, 7) is 1.95. The van der Waals surface area contributed by atoms with E-state index in [0.717, 1.165) is 16.5 Å². The highest BCUT2D eigenvalue weighted by atomic mass is 35.5. The molecule has 2 nitrogen and oxygen atoms in total. The number of benzene rings is 1. The highest BCUT2D eigenvalue weighted by molar-refractivity contribution is 7.13. The molecule has 2 rings (SSSR count). The topological polar surface area (TPSA) is 24.9 Å². The van der Waals surface area contributed by atoms with Gasteiger partial charge in [-0.15, -0.1) is 11.3 Å². The maximum atomic E-state index is 5.90. The molecule has 1 N–H and O–H groups in total. The van der Waals surface area contributed by atoms with Crippen molar-refractivity contribution in [3.05, 3.63) is 39.3 Å². The van der Waals surface area contributed by atoms with Crippen LogP contribution in [0.15, 0.2) is 23.6 Å². The number of nitrogens with zero attached hydrogens (tertiary/aromatic N) is 1. The van der Waals surface area contributed by atoms with Crippen LogP contribution < -0.4 is 5.32 Å². The van der Waals surface area contributed by atoms with Gasteiger partial charge in [0.05, 0.1) is 15.7 Å². The van der Waals surface area contributed by atoms with Crippen LogP contribution >= 0.6 is 34.5 Å². The first-order chi connectivity index (χ1) is 7.15. The summed E-state index contributed by atoms with van der Waals surface area (Å²) in [4.78, 5) is 4.29. The van der Waals surface area contributed by atoms with Crippen LogP contribution in [0, 0.1) is 6.92 Å². The third kappa shape index (κ3) is 2.62. The Morgan fingerprint density at radius 3 is 2.67 bits per heavy atom. The van der Waals surface area contributed by atoms with E-state index in [2.05, 4.69) is 10.3 Å². The van der Waals surface area contributed by atoms with Crippen molar-refractivity contribution in [2.24, 2.45) is 0 Å². The van der Waals surface area contributed by atoms with Gasteiger partial charge in [0.2, 0.25) is 0 Å². The van der Waals surface area contributed by atoms with Gasteiger partial charge in [-0.2, -0.15) is 0 Å². The van der Waals surface area contributed by atoms with E-state index in [1.807, 2.05) is 18.4 Å². The van der Waals surface area contributed by atoms with Crippen LogP contribution in [0.2, 0.25) is 10.0 Å². The Bertz CT molecular complexity index is 482. The molecule has 78 valence electrons. The molecule has 1 aromatic heterocycles. The number of hydrogen-bond donors (Lipinski definition) is 1. The fraction of sp³-hybridized carbons (Fsp3) is 0.100. The van der Waals surface area contributed by atoms with E-state index >= 15 is 0 Å². The lowest BCUT2D eigenvalue weighted by atomic mass is 10.3. The second-order valence-corrected chi connectivity index (χ2v) is 4.72. The van der Waals surface area contributed by atoms with Crippen LogP contribution in [0.4, 0.5) is 10.8 Å². The van der Waals surface area contributed by atoms with Crippen LogP contribution in [0.5, 0.6) is 0 Å². The van der Waals surface area contributed by atoms with Crippen molar-refractivity contribution >= 4 is 45.4 Å². The summed E-state index contributed by atoms with van der Waals surface area (Å²) >= 11 is 13.3. The van der Waals surface area contributed by atoms with Gasteiger partial charge in [0.25, 0.3) is 0 Å². The molecule has 1 aromatic carbocycles. The second-order valence-electron chi connectivity index (χ2n) is 3.05. The summed E-state index contributed by atoms with van der Waals surface area (Å²) in [6.07, 6.45) is 0. The van der Waals surface area contributed by atoms with Crippen molar-refractivity contribution in [3.8, 4) is 0 Å². The summed E-state index contributed by atoms with van der Waals surface area (Å²) in [5.74, 6) is 0. The Kier molecular flexibility index (Phi) is 3.14. The first-order valence-corrected chi connectivity index (χ1v) is 5.93. The molecule has 0 aliphatic rings. The zero-order valence-electron chi connectivity index (χ0n) is 7.92. The molecule has 5 heteroatoms. The van der Waals surface area contributed by atoms with E-state index in [1.165, 1.54) is 0 Å². The van der Waals surface area contributed by atoms with Crippen molar-refractivity contribution in [1.29, 1.82) is 0 Å². The molecule has 2 aromatic rings. The SMILES string of the molecule is Cc1csc(Nc2ccc(Cl)c(Cl)c2)n1. The lowest BCUT2D eigenvalue weighted by molar-refractivity contribution is 1.26. The summed E-state index contributed by atoms with van der Waals surface area (Å²) in [6, 6.07) is 5.40. The number of aromatic nitrogens is 1. The maximum Gasteiger partial charge on any atom is 0.187 e. The fourth-order valence-corrected chi connectivity index (χ4v) is 2.12. The molecular formula is C10H8Cl2N2S. The third-order valence-electron chi connectivity index (χ3n) is 1.79. The quantitative estimate of drug-likeness (QED) is 0.858. The predicted octanol–water partition coefficient (Wildman–Crippen LogP) is 4.50. The van der Waals surface area contributed by atoms with Crippen molar-refractivity contribution in [1.82, 2.24) is 4.98 Å². The van der Waals surface area contributed by atoms with E-state index in [9.17, 15) is 0 Å². The van der Waals surface area contributed by atoms with Gasteiger partial charge < -0.3 is 5.32 Å². The number of nitrogens with one attached hydrogen (secondary N) is 1. The zero-order valence-corrected chi connectivity index (χ0v) is 10.2. The van der Waals surface area contributed by atoms with Crippen LogP contribution in [-0.4, -0.2) is 4.98 Å². The van der Waals surface area contributed by atoms with Crippen LogP contribution in [0.3, 0.4) is 0 Å². The average Bonchev–Trinajstić information content (AvgIpc) is 2.58. The molecule has 0 saturated heterocycles. The van der Waals surface area contributed by atoms with Crippen LogP contribution in [0.1, 0.15) is 5.69 Å². The Balaban J connectivity index is 2.21. The highest BCUT2D eigenvalue weighted by Gasteiger charge is 2.02. The minimum absolute atomic E-state index is 0.537. The fourth-order valence-electron chi connectivity index (χ4n) is 1.11. The third-order valence-corrected chi connectivity index (χ3v) is 3.40. The van der Waals surface area contributed by atoms with Gasteiger partial charge in [-0.1, -0.05) is 23.2 Å². The summed E-state index contributed by atoms with van der Waals surface area (Å²) in [5, 5.41) is 7.09. The van der Waals surface area contributed by atoms with E-state index < -0.39 is 0 Å². The van der Waals surface area contributed by atoms with Gasteiger partial charge in [-0.05, 0) is 25.1 Å². The van der Waals surface area contributed by atoms with Crippen molar-refractivity contribution < 1.29 is 0 Å². The molecular weight excluding hydrogens is 251 g/mol. The van der Waals surface area contributed by atoms with Gasteiger partial charge in [-0.3, -0.25) is 0 Å². The zero-order chi connectivity index (χ0) is 10.8. The molecule has 0 spiro atoms. The van der Waals surface area contributed by atoms with Gasteiger partial charge >= 0.3 is 0 Å². The lowest BCUT2D eigenvalue weighted by Crippen LogP contribution is -1.89. The lowest BCUT2D eigenvalue weighted by Gasteiger charge is -2.03. The number of aryl methyl sites for hydroxylation is 1. The Morgan fingerprint density at radius 2 is 2.07 bits per heavy atom. The molecule has 0 aliphatic heterocycles. The van der Waals surface area contributed by atoms with E-state index in [0.29, 0.717) is 10.0 Å². The maximum absolute atomic E-state index is 5.90. The van der Waals surface area contributed by atoms with Crippen LogP contribution in [-0.2, 0) is 0 Å². The minimum Gasteiger partial charge on any atom is -0.331 e. The largest absolute Gasteiger partial charge is 0.331 e. The summed E-state index contributed by atoms with van der Waals surface area (Å²) < 4.78 is 0. The Labute approximate surface area is 102 Å². The molecule has 0 amide bonds. The molecule has 15 heavy (non-hydrogen) atoms. The normalized spacial score (nSPS) is 10.3. The Hall–Kier alpha value is -0.770. The number of thiazole rings is 1. The first kappa shape index (κ1) is 10.7.